The van der Waals surface area contributed by atoms with E-state index in [4.69, 9.17) is 4.74 Å². The Balaban J connectivity index is 2.02. The van der Waals surface area contributed by atoms with E-state index in [1.54, 1.807) is 12.1 Å². The molecule has 202 valence electrons. The van der Waals surface area contributed by atoms with E-state index in [2.05, 4.69) is 0 Å². The molecule has 0 aliphatic heterocycles. The quantitative estimate of drug-likeness (QED) is 0.282. The summed E-state index contributed by atoms with van der Waals surface area (Å²) < 4.78 is 74.4. The van der Waals surface area contributed by atoms with Crippen LogP contribution in [0, 0.1) is 6.92 Å². The highest BCUT2D eigenvalue weighted by atomic mass is 32.2. The number of benzene rings is 2. The Hall–Kier alpha value is -3.15. The first kappa shape index (κ1) is 27.9. The third kappa shape index (κ3) is 4.85. The molecule has 2 aromatic heterocycles. The molecule has 2 aromatic carbocycles. The van der Waals surface area contributed by atoms with E-state index in [9.17, 15) is 31.5 Å². The van der Waals surface area contributed by atoms with Crippen LogP contribution in [0.5, 0.6) is 0 Å². The lowest BCUT2D eigenvalue weighted by Gasteiger charge is -2.21. The monoisotopic (exact) mass is 565 g/mol. The summed E-state index contributed by atoms with van der Waals surface area (Å²) in [6.45, 7) is 7.25. The molecule has 0 bridgehead atoms. The van der Waals surface area contributed by atoms with E-state index >= 15 is 0 Å². The van der Waals surface area contributed by atoms with Gasteiger partial charge < -0.3 is 9.84 Å². The van der Waals surface area contributed by atoms with Crippen LogP contribution in [0.25, 0.3) is 10.9 Å². The molecule has 0 spiro atoms. The minimum absolute atomic E-state index is 0.00420. The predicted molar refractivity (Wildman–Crippen MR) is 139 cm³/mol. The van der Waals surface area contributed by atoms with Crippen LogP contribution in [-0.4, -0.2) is 30.6 Å². The van der Waals surface area contributed by atoms with Gasteiger partial charge in [-0.15, -0.1) is 11.3 Å². The molecule has 0 saturated carbocycles. The predicted octanol–water partition coefficient (Wildman–Crippen LogP) is 6.43. The largest absolute Gasteiger partial charge is 0.465 e. The van der Waals surface area contributed by atoms with Crippen molar-refractivity contribution in [3.05, 3.63) is 86.7 Å². The summed E-state index contributed by atoms with van der Waals surface area (Å²) in [5.41, 5.74) is -0.515. The smallest absolute Gasteiger partial charge is 0.416 e. The number of methoxy groups -OCH3 is 1. The van der Waals surface area contributed by atoms with E-state index in [1.165, 1.54) is 38.3 Å². The number of carbonyl (C=O) groups is 1. The van der Waals surface area contributed by atoms with Crippen LogP contribution in [0.15, 0.2) is 59.5 Å². The molecule has 0 aliphatic rings. The van der Waals surface area contributed by atoms with Crippen LogP contribution in [0.1, 0.15) is 63.8 Å². The van der Waals surface area contributed by atoms with Crippen LogP contribution < -0.4 is 0 Å². The summed E-state index contributed by atoms with van der Waals surface area (Å²) in [6.07, 6.45) is -6.20. The Morgan fingerprint density at radius 2 is 1.71 bits per heavy atom. The first-order valence-corrected chi connectivity index (χ1v) is 13.8. The maximum absolute atomic E-state index is 14.1. The van der Waals surface area contributed by atoms with E-state index in [-0.39, 0.29) is 42.2 Å². The molecular weight excluding hydrogens is 539 g/mol. The number of hydrogen-bond donors (Lipinski definition) is 1. The number of esters is 1. The summed E-state index contributed by atoms with van der Waals surface area (Å²) in [5.74, 6) is -0.632. The fourth-order valence-electron chi connectivity index (χ4n) is 4.26. The summed E-state index contributed by atoms with van der Waals surface area (Å²) in [6, 6.07) is 12.0. The van der Waals surface area contributed by atoms with Crippen molar-refractivity contribution in [2.75, 3.05) is 7.11 Å². The molecule has 1 unspecified atom stereocenters. The highest BCUT2D eigenvalue weighted by Gasteiger charge is 2.35. The van der Waals surface area contributed by atoms with E-state index in [1.807, 2.05) is 20.8 Å². The number of rotatable bonds is 5. The van der Waals surface area contributed by atoms with Crippen LogP contribution in [0.3, 0.4) is 0 Å². The average Bonchev–Trinajstić information content (AvgIpc) is 3.45. The lowest BCUT2D eigenvalue weighted by Crippen LogP contribution is -2.20. The van der Waals surface area contributed by atoms with Gasteiger partial charge in [0.25, 0.3) is 10.0 Å². The Kier molecular flexibility index (Phi) is 7.00. The van der Waals surface area contributed by atoms with Gasteiger partial charge in [0.15, 0.2) is 0 Å². The van der Waals surface area contributed by atoms with Crippen molar-refractivity contribution in [3.8, 4) is 0 Å². The minimum atomic E-state index is -4.65. The van der Waals surface area contributed by atoms with Crippen molar-refractivity contribution in [1.29, 1.82) is 0 Å². The second-order valence-electron chi connectivity index (χ2n) is 9.88. The van der Waals surface area contributed by atoms with Crippen LogP contribution in [0.4, 0.5) is 13.2 Å². The van der Waals surface area contributed by atoms with Crippen LogP contribution in [0.2, 0.25) is 0 Å². The maximum Gasteiger partial charge on any atom is 0.416 e. The first-order valence-electron chi connectivity index (χ1n) is 11.5. The van der Waals surface area contributed by atoms with Crippen molar-refractivity contribution in [2.24, 2.45) is 0 Å². The second-order valence-corrected chi connectivity index (χ2v) is 12.8. The number of aliphatic hydroxyl groups is 1. The van der Waals surface area contributed by atoms with Crippen molar-refractivity contribution in [1.82, 2.24) is 3.97 Å². The zero-order chi connectivity index (χ0) is 28.2. The van der Waals surface area contributed by atoms with Gasteiger partial charge in [-0.05, 0) is 65.9 Å². The maximum atomic E-state index is 14.1. The molecule has 0 saturated heterocycles. The zero-order valence-corrected chi connectivity index (χ0v) is 22.9. The molecule has 4 aromatic rings. The summed E-state index contributed by atoms with van der Waals surface area (Å²) in [4.78, 5) is 12.3. The van der Waals surface area contributed by atoms with Crippen LogP contribution in [-0.2, 0) is 26.4 Å². The average molecular weight is 566 g/mol. The highest BCUT2D eigenvalue weighted by Crippen LogP contribution is 2.40. The number of alkyl halides is 3. The van der Waals surface area contributed by atoms with Crippen molar-refractivity contribution >= 4 is 38.2 Å². The lowest BCUT2D eigenvalue weighted by atomic mass is 9.87. The third-order valence-corrected chi connectivity index (χ3v) is 9.17. The molecule has 0 fully saturated rings. The second kappa shape index (κ2) is 9.55. The van der Waals surface area contributed by atoms with Gasteiger partial charge >= 0.3 is 12.1 Å². The molecule has 1 N–H and O–H groups in total. The number of carbonyl (C=O) groups excluding carboxylic acids is 1. The van der Waals surface area contributed by atoms with Gasteiger partial charge in [-0.3, -0.25) is 0 Å². The van der Waals surface area contributed by atoms with Gasteiger partial charge in [0.2, 0.25) is 0 Å². The Morgan fingerprint density at radius 1 is 1.03 bits per heavy atom. The molecule has 11 heteroatoms. The molecule has 0 amide bonds. The Labute approximate surface area is 222 Å². The van der Waals surface area contributed by atoms with E-state index < -0.39 is 33.8 Å². The molecule has 0 radical (unpaired) electrons. The van der Waals surface area contributed by atoms with Crippen molar-refractivity contribution in [2.45, 2.75) is 50.3 Å². The fraction of sp³-hybridized carbons (Fsp3) is 0.296. The third-order valence-electron chi connectivity index (χ3n) is 6.33. The Bertz CT molecular complexity index is 1640. The molecule has 0 aliphatic carbocycles. The SMILES string of the molecule is COC(=O)c1ccc(C(O)c2c(C)c3cc(C(F)(F)F)ccc3n2S(=O)(=O)c2cccc(C(C)(C)C)c2)s1. The van der Waals surface area contributed by atoms with E-state index in [0.717, 1.165) is 39.1 Å². The minimum Gasteiger partial charge on any atom is -0.465 e. The molecule has 1 atom stereocenters. The molecule has 4 rings (SSSR count). The topological polar surface area (TPSA) is 85.6 Å². The summed E-state index contributed by atoms with van der Waals surface area (Å²) >= 11 is 0.903. The number of nitrogens with zero attached hydrogens (tertiary/aromatic N) is 1. The Morgan fingerprint density at radius 3 is 2.32 bits per heavy atom. The molecule has 2 heterocycles. The number of halogens is 3. The van der Waals surface area contributed by atoms with Gasteiger partial charge in [-0.2, -0.15) is 13.2 Å². The molecule has 38 heavy (non-hydrogen) atoms. The number of fused-ring (bicyclic) bond motifs is 1. The number of aromatic nitrogens is 1. The van der Waals surface area contributed by atoms with Gasteiger partial charge in [0.1, 0.15) is 11.0 Å². The highest BCUT2D eigenvalue weighted by molar-refractivity contribution is 7.90. The van der Waals surface area contributed by atoms with E-state index in [0.29, 0.717) is 0 Å². The lowest BCUT2D eigenvalue weighted by molar-refractivity contribution is -0.137. The van der Waals surface area contributed by atoms with Gasteiger partial charge in [-0.25, -0.2) is 17.2 Å². The number of thiophene rings is 1. The molecule has 6 nitrogen and oxygen atoms in total. The van der Waals surface area contributed by atoms with Crippen molar-refractivity contribution in [3.63, 3.8) is 0 Å². The van der Waals surface area contributed by atoms with Crippen LogP contribution >= 0.6 is 11.3 Å². The fourth-order valence-corrected chi connectivity index (χ4v) is 6.83. The normalized spacial score (nSPS) is 13.6. The summed E-state index contributed by atoms with van der Waals surface area (Å²) in [7, 11) is -3.18. The first-order chi connectivity index (χ1) is 17.6. The van der Waals surface area contributed by atoms with Gasteiger partial charge in [0.05, 0.1) is 28.8 Å². The summed E-state index contributed by atoms with van der Waals surface area (Å²) in [5, 5.41) is 11.4. The van der Waals surface area contributed by atoms with Gasteiger partial charge in [-0.1, -0.05) is 32.9 Å². The number of hydrogen-bond acceptors (Lipinski definition) is 6. The number of aliphatic hydroxyl groups excluding tert-OH is 1. The van der Waals surface area contributed by atoms with Crippen molar-refractivity contribution < 1.29 is 36.2 Å². The number of aryl methyl sites for hydroxylation is 1. The number of ether oxygens (including phenoxy) is 1. The standard InChI is InChI=1S/C27H26F3NO5S2/c1-15-19-14-17(27(28,29)30)9-10-20(19)31(23(15)24(32)21-11-12-22(37-21)25(33)36-5)38(34,35)18-8-6-7-16(13-18)26(2,3)4/h6-14,24,32H,1-5H3. The van der Waals surface area contributed by atoms with Gasteiger partial charge in [0, 0.05) is 10.3 Å². The molecular formula is C27H26F3NO5S2. The zero-order valence-electron chi connectivity index (χ0n) is 21.3.